The van der Waals surface area contributed by atoms with Gasteiger partial charge in [0, 0.05) is 17.1 Å². The summed E-state index contributed by atoms with van der Waals surface area (Å²) in [7, 11) is 1.33. The van der Waals surface area contributed by atoms with Gasteiger partial charge in [-0.2, -0.15) is 31.4 Å². The molecular weight excluding hydrogens is 460 g/mol. The molecule has 1 N–H and O–H groups in total. The number of halogens is 7. The van der Waals surface area contributed by atoms with Crippen LogP contribution in [0.1, 0.15) is 21.7 Å². The summed E-state index contributed by atoms with van der Waals surface area (Å²) in [6, 6.07) is 4.57. The van der Waals surface area contributed by atoms with Gasteiger partial charge in [0.15, 0.2) is 11.4 Å². The highest BCUT2D eigenvalue weighted by Gasteiger charge is 2.42. The zero-order chi connectivity index (χ0) is 22.3. The van der Waals surface area contributed by atoms with Crippen molar-refractivity contribution in [2.45, 2.75) is 12.4 Å². The van der Waals surface area contributed by atoms with Gasteiger partial charge in [-0.3, -0.25) is 4.79 Å². The number of methoxy groups -OCH3 is 1. The van der Waals surface area contributed by atoms with Crippen LogP contribution < -0.4 is 10.1 Å². The maximum Gasteiger partial charge on any atom is 0.435 e. The first-order valence-corrected chi connectivity index (χ1v) is 9.15. The fourth-order valence-corrected chi connectivity index (χ4v) is 3.52. The second-order valence-electron chi connectivity index (χ2n) is 5.78. The average molecular weight is 470 g/mol. The van der Waals surface area contributed by atoms with Crippen LogP contribution in [0.2, 0.25) is 4.34 Å². The summed E-state index contributed by atoms with van der Waals surface area (Å²) in [5.41, 5.74) is -3.19. The zero-order valence-corrected chi connectivity index (χ0v) is 16.3. The van der Waals surface area contributed by atoms with E-state index in [9.17, 15) is 31.1 Å². The summed E-state index contributed by atoms with van der Waals surface area (Å²) < 4.78 is 83.3. The number of alkyl halides is 6. The molecule has 2 heterocycles. The van der Waals surface area contributed by atoms with Gasteiger partial charge in [0.25, 0.3) is 5.91 Å². The molecule has 0 aliphatic carbocycles. The SMILES string of the molecule is COc1c(C(=O)Nc2ccc(-n3nc(C(F)(F)F)cc3C(F)(F)F)cc2)csc1Cl. The fourth-order valence-electron chi connectivity index (χ4n) is 2.47. The van der Waals surface area contributed by atoms with Crippen LogP contribution in [0.15, 0.2) is 35.7 Å². The van der Waals surface area contributed by atoms with Crippen molar-refractivity contribution in [2.24, 2.45) is 0 Å². The Hall–Kier alpha value is -2.73. The molecule has 0 saturated heterocycles. The Morgan fingerprint density at radius 1 is 1.13 bits per heavy atom. The fraction of sp³-hybridized carbons (Fsp3) is 0.176. The van der Waals surface area contributed by atoms with Crippen molar-refractivity contribution in [3.05, 3.63) is 57.0 Å². The summed E-state index contributed by atoms with van der Waals surface area (Å²) in [5.74, 6) is -0.418. The van der Waals surface area contributed by atoms with E-state index in [0.29, 0.717) is 0 Å². The Morgan fingerprint density at radius 3 is 2.30 bits per heavy atom. The Labute approximate surface area is 173 Å². The maximum atomic E-state index is 13.1. The molecular formula is C17H10ClF6N3O2S. The van der Waals surface area contributed by atoms with Gasteiger partial charge in [-0.1, -0.05) is 11.6 Å². The zero-order valence-electron chi connectivity index (χ0n) is 14.7. The Balaban J connectivity index is 1.89. The van der Waals surface area contributed by atoms with Gasteiger partial charge in [-0.15, -0.1) is 11.3 Å². The number of nitrogens with one attached hydrogen (secondary N) is 1. The summed E-state index contributed by atoms with van der Waals surface area (Å²) in [5, 5.41) is 6.99. The van der Waals surface area contributed by atoms with Gasteiger partial charge in [0.05, 0.1) is 18.4 Å². The molecule has 0 aliphatic heterocycles. The van der Waals surface area contributed by atoms with Gasteiger partial charge in [-0.05, 0) is 24.3 Å². The van der Waals surface area contributed by atoms with E-state index in [1.807, 2.05) is 0 Å². The number of benzene rings is 1. The summed E-state index contributed by atoms with van der Waals surface area (Å²) in [6.07, 6.45) is -10.1. The molecule has 0 aliphatic rings. The van der Waals surface area contributed by atoms with Gasteiger partial charge in [-0.25, -0.2) is 4.68 Å². The highest BCUT2D eigenvalue weighted by molar-refractivity contribution is 7.15. The summed E-state index contributed by atoms with van der Waals surface area (Å²) in [6.45, 7) is 0. The first-order valence-electron chi connectivity index (χ1n) is 7.89. The van der Waals surface area contributed by atoms with E-state index in [1.54, 1.807) is 0 Å². The lowest BCUT2D eigenvalue weighted by Gasteiger charge is -2.11. The molecule has 1 aromatic carbocycles. The third-order valence-corrected chi connectivity index (χ3v) is 5.00. The van der Waals surface area contributed by atoms with E-state index >= 15 is 0 Å². The van der Waals surface area contributed by atoms with Crippen molar-refractivity contribution in [2.75, 3.05) is 12.4 Å². The monoisotopic (exact) mass is 469 g/mol. The molecule has 0 radical (unpaired) electrons. The Kier molecular flexibility index (Phi) is 5.74. The number of rotatable bonds is 4. The number of carbonyl (C=O) groups is 1. The van der Waals surface area contributed by atoms with E-state index in [0.717, 1.165) is 23.5 Å². The second kappa shape index (κ2) is 7.84. The van der Waals surface area contributed by atoms with Crippen molar-refractivity contribution < 1.29 is 35.9 Å². The number of amides is 1. The standard InChI is InChI=1S/C17H10ClF6N3O2S/c1-29-13-10(7-30-14(13)18)15(28)25-8-2-4-9(5-3-8)27-12(17(22,23)24)6-11(26-27)16(19,20)21/h2-7H,1H3,(H,25,28). The van der Waals surface area contributed by atoms with E-state index in [2.05, 4.69) is 10.4 Å². The van der Waals surface area contributed by atoms with Crippen LogP contribution in [0.3, 0.4) is 0 Å². The quantitative estimate of drug-likeness (QED) is 0.485. The van der Waals surface area contributed by atoms with Crippen LogP contribution in [0.25, 0.3) is 5.69 Å². The first kappa shape index (κ1) is 22.0. The molecule has 3 rings (SSSR count). The third kappa shape index (κ3) is 4.38. The van der Waals surface area contributed by atoms with Crippen LogP contribution >= 0.6 is 22.9 Å². The Morgan fingerprint density at radius 2 is 1.77 bits per heavy atom. The van der Waals surface area contributed by atoms with Gasteiger partial charge < -0.3 is 10.1 Å². The summed E-state index contributed by atoms with van der Waals surface area (Å²) in [4.78, 5) is 12.3. The van der Waals surface area contributed by atoms with Crippen molar-refractivity contribution in [1.29, 1.82) is 0 Å². The highest BCUT2D eigenvalue weighted by atomic mass is 35.5. The first-order chi connectivity index (χ1) is 13.9. The number of hydrogen-bond donors (Lipinski definition) is 1. The van der Waals surface area contributed by atoms with Crippen LogP contribution in [-0.4, -0.2) is 22.8 Å². The molecule has 0 atom stereocenters. The lowest BCUT2D eigenvalue weighted by atomic mass is 10.2. The minimum absolute atomic E-state index is 0.0672. The smallest absolute Gasteiger partial charge is 0.435 e. The normalized spacial score (nSPS) is 12.1. The van der Waals surface area contributed by atoms with Gasteiger partial charge >= 0.3 is 12.4 Å². The molecule has 30 heavy (non-hydrogen) atoms. The van der Waals surface area contributed by atoms with E-state index < -0.39 is 29.6 Å². The van der Waals surface area contributed by atoms with Crippen LogP contribution in [0.4, 0.5) is 32.0 Å². The van der Waals surface area contributed by atoms with Crippen molar-refractivity contribution in [3.63, 3.8) is 0 Å². The molecule has 0 spiro atoms. The predicted molar refractivity (Wildman–Crippen MR) is 97.4 cm³/mol. The van der Waals surface area contributed by atoms with Crippen LogP contribution in [0.5, 0.6) is 5.75 Å². The molecule has 1 amide bonds. The number of ether oxygens (including phenoxy) is 1. The summed E-state index contributed by atoms with van der Waals surface area (Å²) >= 11 is 6.97. The number of nitrogens with zero attached hydrogens (tertiary/aromatic N) is 2. The molecule has 2 aromatic heterocycles. The largest absolute Gasteiger partial charge is 0.493 e. The van der Waals surface area contributed by atoms with Gasteiger partial charge in [0.1, 0.15) is 10.0 Å². The second-order valence-corrected chi connectivity index (χ2v) is 7.26. The molecule has 0 saturated carbocycles. The number of hydrogen-bond acceptors (Lipinski definition) is 4. The lowest BCUT2D eigenvalue weighted by Crippen LogP contribution is -2.14. The van der Waals surface area contributed by atoms with E-state index in [-0.39, 0.29) is 37.8 Å². The van der Waals surface area contributed by atoms with Gasteiger partial charge in [0.2, 0.25) is 0 Å². The molecule has 0 bridgehead atoms. The topological polar surface area (TPSA) is 56.1 Å². The molecule has 160 valence electrons. The minimum Gasteiger partial charge on any atom is -0.493 e. The van der Waals surface area contributed by atoms with Crippen LogP contribution in [-0.2, 0) is 12.4 Å². The van der Waals surface area contributed by atoms with Crippen molar-refractivity contribution >= 4 is 34.5 Å². The number of carbonyl (C=O) groups excluding carboxylic acids is 1. The van der Waals surface area contributed by atoms with E-state index in [4.69, 9.17) is 16.3 Å². The number of anilines is 1. The van der Waals surface area contributed by atoms with Crippen molar-refractivity contribution in [3.8, 4) is 11.4 Å². The Bertz CT molecular complexity index is 1070. The third-order valence-electron chi connectivity index (χ3n) is 3.81. The molecule has 0 unspecified atom stereocenters. The number of thiophene rings is 1. The number of aromatic nitrogens is 2. The average Bonchev–Trinajstić information content (AvgIpc) is 3.26. The predicted octanol–water partition coefficient (Wildman–Crippen LogP) is 5.89. The molecule has 3 aromatic rings. The molecule has 5 nitrogen and oxygen atoms in total. The van der Waals surface area contributed by atoms with Crippen LogP contribution in [0, 0.1) is 0 Å². The lowest BCUT2D eigenvalue weighted by molar-refractivity contribution is -0.143. The van der Waals surface area contributed by atoms with Crippen molar-refractivity contribution in [1.82, 2.24) is 9.78 Å². The molecule has 0 fully saturated rings. The van der Waals surface area contributed by atoms with E-state index in [1.165, 1.54) is 24.6 Å². The molecule has 13 heteroatoms. The highest BCUT2D eigenvalue weighted by Crippen LogP contribution is 2.37. The maximum absolute atomic E-state index is 13.1. The minimum atomic E-state index is -5.06.